The van der Waals surface area contributed by atoms with Gasteiger partial charge < -0.3 is 4.42 Å². The topological polar surface area (TPSA) is 49.2 Å². The van der Waals surface area contributed by atoms with Crippen LogP contribution in [0.25, 0.3) is 11.1 Å². The summed E-state index contributed by atoms with van der Waals surface area (Å²) in [6.45, 7) is 0.971. The molecular formula is C11H13BrN2O2. The van der Waals surface area contributed by atoms with E-state index in [-0.39, 0.29) is 0 Å². The van der Waals surface area contributed by atoms with Crippen LogP contribution in [-0.4, -0.2) is 28.9 Å². The standard InChI is InChI=1S/C11H13BrN2O2/c1-14(7-12)5-4-8-2-3-10-9(6-8)13-11(15)16-10/h2-3,6H,4-5,7H2,1H3,(H,13,15). The summed E-state index contributed by atoms with van der Waals surface area (Å²) in [5.41, 5.74) is 3.43. The molecule has 0 aliphatic heterocycles. The van der Waals surface area contributed by atoms with E-state index in [1.807, 2.05) is 25.2 Å². The van der Waals surface area contributed by atoms with E-state index in [9.17, 15) is 4.79 Å². The van der Waals surface area contributed by atoms with Crippen LogP contribution in [0.4, 0.5) is 0 Å². The van der Waals surface area contributed by atoms with Crippen LogP contribution in [0.2, 0.25) is 0 Å². The largest absolute Gasteiger partial charge is 0.417 e. The summed E-state index contributed by atoms with van der Waals surface area (Å²) in [4.78, 5) is 15.8. The second-order valence-corrected chi connectivity index (χ2v) is 4.30. The Bertz CT molecular complexity index is 532. The molecule has 0 aliphatic carbocycles. The average molecular weight is 285 g/mol. The first-order chi connectivity index (χ1) is 7.69. The highest BCUT2D eigenvalue weighted by Crippen LogP contribution is 2.12. The van der Waals surface area contributed by atoms with Crippen LogP contribution in [0, 0.1) is 0 Å². The van der Waals surface area contributed by atoms with Crippen LogP contribution in [0.1, 0.15) is 5.56 Å². The minimum Gasteiger partial charge on any atom is -0.408 e. The van der Waals surface area contributed by atoms with Gasteiger partial charge in [0, 0.05) is 6.54 Å². The van der Waals surface area contributed by atoms with E-state index >= 15 is 0 Å². The van der Waals surface area contributed by atoms with Gasteiger partial charge in [-0.2, -0.15) is 0 Å². The molecule has 16 heavy (non-hydrogen) atoms. The molecule has 2 aromatic rings. The SMILES string of the molecule is CN(CBr)CCc1ccc2oc(=O)[nH]c2c1. The molecule has 0 saturated heterocycles. The molecule has 86 valence electrons. The summed E-state index contributed by atoms with van der Waals surface area (Å²) >= 11 is 3.39. The second kappa shape index (κ2) is 4.84. The van der Waals surface area contributed by atoms with Crippen molar-refractivity contribution in [2.45, 2.75) is 6.42 Å². The second-order valence-electron chi connectivity index (χ2n) is 3.79. The molecule has 1 N–H and O–H groups in total. The number of benzene rings is 1. The quantitative estimate of drug-likeness (QED) is 0.690. The number of nitrogens with one attached hydrogen (secondary N) is 1. The maximum atomic E-state index is 11.0. The van der Waals surface area contributed by atoms with Gasteiger partial charge in [0.2, 0.25) is 0 Å². The Hall–Kier alpha value is -1.07. The summed E-state index contributed by atoms with van der Waals surface area (Å²) in [6.07, 6.45) is 0.950. The lowest BCUT2D eigenvalue weighted by atomic mass is 10.1. The van der Waals surface area contributed by atoms with Crippen LogP contribution in [0.5, 0.6) is 0 Å². The smallest absolute Gasteiger partial charge is 0.408 e. The van der Waals surface area contributed by atoms with Crippen LogP contribution in [0.15, 0.2) is 27.4 Å². The fourth-order valence-corrected chi connectivity index (χ4v) is 1.79. The van der Waals surface area contributed by atoms with E-state index in [1.165, 1.54) is 5.56 Å². The number of alkyl halides is 1. The number of rotatable bonds is 4. The molecule has 2 rings (SSSR count). The number of oxazole rings is 1. The van der Waals surface area contributed by atoms with Gasteiger partial charge in [-0.25, -0.2) is 4.79 Å². The number of aromatic amines is 1. The van der Waals surface area contributed by atoms with Gasteiger partial charge in [0.05, 0.1) is 11.0 Å². The van der Waals surface area contributed by atoms with E-state index in [2.05, 4.69) is 25.8 Å². The third-order valence-corrected chi connectivity index (χ3v) is 3.33. The molecule has 0 radical (unpaired) electrons. The summed E-state index contributed by atoms with van der Waals surface area (Å²) in [7, 11) is 2.05. The molecule has 0 unspecified atom stereocenters. The fraction of sp³-hybridized carbons (Fsp3) is 0.364. The maximum Gasteiger partial charge on any atom is 0.417 e. The highest BCUT2D eigenvalue weighted by molar-refractivity contribution is 9.09. The third-order valence-electron chi connectivity index (χ3n) is 2.47. The third kappa shape index (κ3) is 2.54. The molecular weight excluding hydrogens is 272 g/mol. The normalized spacial score (nSPS) is 11.4. The van der Waals surface area contributed by atoms with Gasteiger partial charge in [0.25, 0.3) is 0 Å². The van der Waals surface area contributed by atoms with Crippen molar-refractivity contribution < 1.29 is 4.42 Å². The lowest BCUT2D eigenvalue weighted by Crippen LogP contribution is -2.18. The minimum atomic E-state index is -0.398. The highest BCUT2D eigenvalue weighted by Gasteiger charge is 2.03. The van der Waals surface area contributed by atoms with Gasteiger partial charge >= 0.3 is 5.76 Å². The van der Waals surface area contributed by atoms with Crippen molar-refractivity contribution in [3.63, 3.8) is 0 Å². The van der Waals surface area contributed by atoms with Crippen molar-refractivity contribution in [2.75, 3.05) is 19.0 Å². The average Bonchev–Trinajstić information content (AvgIpc) is 2.65. The highest BCUT2D eigenvalue weighted by atomic mass is 79.9. The zero-order valence-corrected chi connectivity index (χ0v) is 10.6. The Morgan fingerprint density at radius 2 is 2.31 bits per heavy atom. The number of halogens is 1. The monoisotopic (exact) mass is 284 g/mol. The number of nitrogens with zero attached hydrogens (tertiary/aromatic N) is 1. The summed E-state index contributed by atoms with van der Waals surface area (Å²) < 4.78 is 4.94. The first-order valence-electron chi connectivity index (χ1n) is 5.05. The Morgan fingerprint density at radius 3 is 3.06 bits per heavy atom. The van der Waals surface area contributed by atoms with Crippen molar-refractivity contribution in [2.24, 2.45) is 0 Å². The van der Waals surface area contributed by atoms with Gasteiger partial charge in [0.1, 0.15) is 0 Å². The van der Waals surface area contributed by atoms with Crippen molar-refractivity contribution in [1.29, 1.82) is 0 Å². The first kappa shape index (κ1) is 11.4. The fourth-order valence-electron chi connectivity index (χ4n) is 1.53. The Kier molecular flexibility index (Phi) is 3.46. The predicted octanol–water partition coefficient (Wildman–Crippen LogP) is 1.95. The van der Waals surface area contributed by atoms with Gasteiger partial charge in [0.15, 0.2) is 5.58 Å². The number of H-pyrrole nitrogens is 1. The molecule has 4 nitrogen and oxygen atoms in total. The van der Waals surface area contributed by atoms with Crippen LogP contribution >= 0.6 is 15.9 Å². The molecule has 0 fully saturated rings. The number of hydrogen-bond acceptors (Lipinski definition) is 3. The van der Waals surface area contributed by atoms with E-state index in [0.717, 1.165) is 23.9 Å². The van der Waals surface area contributed by atoms with Crippen LogP contribution < -0.4 is 5.76 Å². The van der Waals surface area contributed by atoms with Gasteiger partial charge in [-0.15, -0.1) is 0 Å². The lowest BCUT2D eigenvalue weighted by Gasteiger charge is -2.12. The molecule has 0 spiro atoms. The molecule has 5 heteroatoms. The Labute approximate surface area is 101 Å². The predicted molar refractivity (Wildman–Crippen MR) is 67.0 cm³/mol. The van der Waals surface area contributed by atoms with Gasteiger partial charge in [-0.3, -0.25) is 9.88 Å². The molecule has 0 aliphatic rings. The van der Waals surface area contributed by atoms with E-state index < -0.39 is 5.76 Å². The first-order valence-corrected chi connectivity index (χ1v) is 6.17. The van der Waals surface area contributed by atoms with Crippen molar-refractivity contribution in [1.82, 2.24) is 9.88 Å². The van der Waals surface area contributed by atoms with Crippen molar-refractivity contribution in [3.05, 3.63) is 34.3 Å². The van der Waals surface area contributed by atoms with E-state index in [0.29, 0.717) is 5.58 Å². The molecule has 0 saturated carbocycles. The minimum absolute atomic E-state index is 0.398. The summed E-state index contributed by atoms with van der Waals surface area (Å²) in [5, 5.41) is 0. The van der Waals surface area contributed by atoms with Gasteiger partial charge in [-0.1, -0.05) is 22.0 Å². The lowest BCUT2D eigenvalue weighted by molar-refractivity contribution is 0.401. The van der Waals surface area contributed by atoms with Crippen LogP contribution in [-0.2, 0) is 6.42 Å². The van der Waals surface area contributed by atoms with E-state index in [4.69, 9.17) is 4.42 Å². The van der Waals surface area contributed by atoms with Crippen molar-refractivity contribution in [3.8, 4) is 0 Å². The van der Waals surface area contributed by atoms with Gasteiger partial charge in [-0.05, 0) is 31.2 Å². The van der Waals surface area contributed by atoms with Crippen LogP contribution in [0.3, 0.4) is 0 Å². The molecule has 0 amide bonds. The maximum absolute atomic E-state index is 11.0. The molecule has 0 bridgehead atoms. The Balaban J connectivity index is 2.16. The summed E-state index contributed by atoms with van der Waals surface area (Å²) in [6, 6.07) is 5.78. The Morgan fingerprint density at radius 1 is 1.50 bits per heavy atom. The zero-order chi connectivity index (χ0) is 11.5. The number of aromatic nitrogens is 1. The molecule has 0 atom stereocenters. The number of likely N-dealkylation sites (N-methyl/N-ethyl adjacent to an activating group) is 1. The number of hydrogen-bond donors (Lipinski definition) is 1. The number of fused-ring (bicyclic) bond motifs is 1. The molecule has 1 aromatic carbocycles. The van der Waals surface area contributed by atoms with Crippen molar-refractivity contribution >= 4 is 27.0 Å². The zero-order valence-electron chi connectivity index (χ0n) is 9.00. The summed E-state index contributed by atoms with van der Waals surface area (Å²) in [5.74, 6) is -0.398. The molecule has 1 heterocycles. The molecule has 1 aromatic heterocycles. The van der Waals surface area contributed by atoms with E-state index in [1.54, 1.807) is 0 Å².